The molecule has 0 aliphatic carbocycles. The van der Waals surface area contributed by atoms with Crippen LogP contribution in [0.5, 0.6) is 0 Å². The fraction of sp³-hybridized carbons (Fsp3) is 0.364. The average molecular weight is 213 g/mol. The molecule has 0 spiro atoms. The van der Waals surface area contributed by atoms with Crippen LogP contribution in [0.3, 0.4) is 0 Å². The summed E-state index contributed by atoms with van der Waals surface area (Å²) in [5, 5.41) is 0. The van der Waals surface area contributed by atoms with Crippen LogP contribution in [0.1, 0.15) is 30.1 Å². The topological polar surface area (TPSA) is 43.1 Å². The predicted molar refractivity (Wildman–Crippen MR) is 53.6 cm³/mol. The molecular weight excluding hydrogens is 200 g/mol. The van der Waals surface area contributed by atoms with E-state index in [2.05, 4.69) is 0 Å². The van der Waals surface area contributed by atoms with Crippen molar-refractivity contribution in [1.29, 1.82) is 0 Å². The number of carbonyl (C=O) groups is 1. The van der Waals surface area contributed by atoms with Gasteiger partial charge in [0.2, 0.25) is 0 Å². The quantitative estimate of drug-likeness (QED) is 0.779. The van der Waals surface area contributed by atoms with E-state index in [4.69, 9.17) is 5.73 Å². The normalized spacial score (nSPS) is 12.5. The van der Waals surface area contributed by atoms with Gasteiger partial charge in [0, 0.05) is 12.5 Å². The van der Waals surface area contributed by atoms with Crippen molar-refractivity contribution >= 4 is 5.78 Å². The van der Waals surface area contributed by atoms with Crippen molar-refractivity contribution in [1.82, 2.24) is 0 Å². The monoisotopic (exact) mass is 213 g/mol. The number of nitrogens with two attached hydrogens (primary N) is 1. The van der Waals surface area contributed by atoms with E-state index in [-0.39, 0.29) is 18.0 Å². The molecule has 15 heavy (non-hydrogen) atoms. The van der Waals surface area contributed by atoms with Crippen molar-refractivity contribution in [3.05, 3.63) is 35.4 Å². The first-order valence-corrected chi connectivity index (χ1v) is 4.75. The van der Waals surface area contributed by atoms with Crippen molar-refractivity contribution in [2.45, 2.75) is 25.8 Å². The Labute approximate surface area is 87.1 Å². The first kappa shape index (κ1) is 11.8. The van der Waals surface area contributed by atoms with E-state index in [1.807, 2.05) is 0 Å². The lowest BCUT2D eigenvalue weighted by Crippen LogP contribution is -2.16. The highest BCUT2D eigenvalue weighted by atomic mass is 19.2. The summed E-state index contributed by atoms with van der Waals surface area (Å²) < 4.78 is 25.9. The van der Waals surface area contributed by atoms with Crippen LogP contribution in [-0.2, 0) is 0 Å². The van der Waals surface area contributed by atoms with Crippen LogP contribution in [0.2, 0.25) is 0 Å². The Morgan fingerprint density at radius 3 is 2.73 bits per heavy atom. The minimum atomic E-state index is -1.08. The maximum atomic E-state index is 13.1. The fourth-order valence-corrected chi connectivity index (χ4v) is 1.21. The molecule has 82 valence electrons. The standard InChI is InChI=1S/C11H13F2NO/c1-7(14)5-6-10(15)8-3-2-4-9(12)11(8)13/h2-4,7H,5-6,14H2,1H3. The second-order valence-corrected chi connectivity index (χ2v) is 3.54. The molecule has 0 amide bonds. The molecule has 1 unspecified atom stereocenters. The fourth-order valence-electron chi connectivity index (χ4n) is 1.21. The summed E-state index contributed by atoms with van der Waals surface area (Å²) in [7, 11) is 0. The number of carbonyl (C=O) groups excluding carboxylic acids is 1. The molecule has 0 saturated carbocycles. The van der Waals surface area contributed by atoms with Gasteiger partial charge in [-0.15, -0.1) is 0 Å². The molecular formula is C11H13F2NO. The minimum Gasteiger partial charge on any atom is -0.328 e. The Morgan fingerprint density at radius 2 is 2.13 bits per heavy atom. The third-order valence-electron chi connectivity index (χ3n) is 2.08. The van der Waals surface area contributed by atoms with Crippen molar-refractivity contribution in [2.24, 2.45) is 5.73 Å². The lowest BCUT2D eigenvalue weighted by atomic mass is 10.0. The zero-order valence-electron chi connectivity index (χ0n) is 8.47. The highest BCUT2D eigenvalue weighted by Crippen LogP contribution is 2.14. The summed E-state index contributed by atoms with van der Waals surface area (Å²) >= 11 is 0. The van der Waals surface area contributed by atoms with Gasteiger partial charge in [0.25, 0.3) is 0 Å². The molecule has 0 bridgehead atoms. The molecule has 2 nitrogen and oxygen atoms in total. The molecule has 0 aliphatic heterocycles. The number of hydrogen-bond donors (Lipinski definition) is 1. The van der Waals surface area contributed by atoms with Crippen LogP contribution >= 0.6 is 0 Å². The summed E-state index contributed by atoms with van der Waals surface area (Å²) in [6.45, 7) is 1.76. The zero-order chi connectivity index (χ0) is 11.4. The Kier molecular flexibility index (Phi) is 3.91. The first-order chi connectivity index (χ1) is 7.02. The van der Waals surface area contributed by atoms with Crippen LogP contribution in [0.25, 0.3) is 0 Å². The first-order valence-electron chi connectivity index (χ1n) is 4.75. The van der Waals surface area contributed by atoms with E-state index in [1.54, 1.807) is 6.92 Å². The molecule has 0 aliphatic rings. The summed E-state index contributed by atoms with van der Waals surface area (Å²) in [6, 6.07) is 3.46. The van der Waals surface area contributed by atoms with Gasteiger partial charge >= 0.3 is 0 Å². The Morgan fingerprint density at radius 1 is 1.47 bits per heavy atom. The van der Waals surface area contributed by atoms with Crippen LogP contribution < -0.4 is 5.73 Å². The third kappa shape index (κ3) is 3.09. The smallest absolute Gasteiger partial charge is 0.169 e. The SMILES string of the molecule is CC(N)CCC(=O)c1cccc(F)c1F. The van der Waals surface area contributed by atoms with Crippen LogP contribution in [0.15, 0.2) is 18.2 Å². The minimum absolute atomic E-state index is 0.120. The van der Waals surface area contributed by atoms with E-state index >= 15 is 0 Å². The highest BCUT2D eigenvalue weighted by Gasteiger charge is 2.14. The van der Waals surface area contributed by atoms with Gasteiger partial charge in [-0.05, 0) is 25.5 Å². The van der Waals surface area contributed by atoms with Crippen molar-refractivity contribution in [3.8, 4) is 0 Å². The Bertz CT molecular complexity index is 364. The zero-order valence-corrected chi connectivity index (χ0v) is 8.47. The number of halogens is 2. The maximum absolute atomic E-state index is 13.1. The van der Waals surface area contributed by atoms with Gasteiger partial charge in [0.05, 0.1) is 5.56 Å². The average Bonchev–Trinajstić information content (AvgIpc) is 2.18. The van der Waals surface area contributed by atoms with Crippen molar-refractivity contribution in [3.63, 3.8) is 0 Å². The number of Topliss-reactive ketones (excluding diaryl/α,β-unsaturated/α-hetero) is 1. The number of ketones is 1. The second kappa shape index (κ2) is 4.98. The van der Waals surface area contributed by atoms with Crippen molar-refractivity contribution in [2.75, 3.05) is 0 Å². The molecule has 0 saturated heterocycles. The second-order valence-electron chi connectivity index (χ2n) is 3.54. The summed E-state index contributed by atoms with van der Waals surface area (Å²) in [6.07, 6.45) is 0.604. The van der Waals surface area contributed by atoms with Gasteiger partial charge in [-0.1, -0.05) is 6.07 Å². The van der Waals surface area contributed by atoms with Crippen LogP contribution in [-0.4, -0.2) is 11.8 Å². The molecule has 1 aromatic carbocycles. The molecule has 2 N–H and O–H groups in total. The molecule has 1 aromatic rings. The number of hydrogen-bond acceptors (Lipinski definition) is 2. The van der Waals surface area contributed by atoms with E-state index in [0.29, 0.717) is 6.42 Å². The highest BCUT2D eigenvalue weighted by molar-refractivity contribution is 5.96. The lowest BCUT2D eigenvalue weighted by Gasteiger charge is -2.05. The van der Waals surface area contributed by atoms with E-state index < -0.39 is 17.4 Å². The predicted octanol–water partition coefficient (Wildman–Crippen LogP) is 2.27. The molecule has 0 aromatic heterocycles. The molecule has 0 radical (unpaired) electrons. The van der Waals surface area contributed by atoms with Gasteiger partial charge in [-0.25, -0.2) is 8.78 Å². The molecule has 0 heterocycles. The number of rotatable bonds is 4. The van der Waals surface area contributed by atoms with Gasteiger partial charge in [0.15, 0.2) is 17.4 Å². The van der Waals surface area contributed by atoms with Crippen molar-refractivity contribution < 1.29 is 13.6 Å². The van der Waals surface area contributed by atoms with Crippen LogP contribution in [0, 0.1) is 11.6 Å². The van der Waals surface area contributed by atoms with E-state index in [0.717, 1.165) is 6.07 Å². The molecule has 4 heteroatoms. The van der Waals surface area contributed by atoms with Gasteiger partial charge in [-0.2, -0.15) is 0 Å². The largest absolute Gasteiger partial charge is 0.328 e. The maximum Gasteiger partial charge on any atom is 0.169 e. The summed E-state index contributed by atoms with van der Waals surface area (Å²) in [5.41, 5.74) is 5.27. The van der Waals surface area contributed by atoms with E-state index in [9.17, 15) is 13.6 Å². The lowest BCUT2D eigenvalue weighted by molar-refractivity contribution is 0.0973. The Balaban J connectivity index is 2.78. The Hall–Kier alpha value is -1.29. The van der Waals surface area contributed by atoms with Gasteiger partial charge < -0.3 is 5.73 Å². The number of benzene rings is 1. The third-order valence-corrected chi connectivity index (χ3v) is 2.08. The van der Waals surface area contributed by atoms with E-state index in [1.165, 1.54) is 12.1 Å². The van der Waals surface area contributed by atoms with Gasteiger partial charge in [0.1, 0.15) is 0 Å². The molecule has 1 rings (SSSR count). The molecule has 1 atom stereocenters. The summed E-state index contributed by atoms with van der Waals surface area (Å²) in [5.74, 6) is -2.49. The molecule has 0 fully saturated rings. The van der Waals surface area contributed by atoms with Crippen LogP contribution in [0.4, 0.5) is 8.78 Å². The van der Waals surface area contributed by atoms with Gasteiger partial charge in [-0.3, -0.25) is 4.79 Å². The summed E-state index contributed by atoms with van der Waals surface area (Å²) in [4.78, 5) is 11.5.